The van der Waals surface area contributed by atoms with Gasteiger partial charge in [-0.1, -0.05) is 36.4 Å². The summed E-state index contributed by atoms with van der Waals surface area (Å²) in [7, 11) is 0. The maximum atomic E-state index is 8.74. The van der Waals surface area contributed by atoms with E-state index in [2.05, 4.69) is 30.4 Å². The first-order valence-corrected chi connectivity index (χ1v) is 6.90. The molecule has 3 heteroatoms. The van der Waals surface area contributed by atoms with Crippen LogP contribution in [-0.2, 0) is 11.3 Å². The fourth-order valence-electron chi connectivity index (χ4n) is 1.86. The summed E-state index contributed by atoms with van der Waals surface area (Å²) >= 11 is 0. The lowest BCUT2D eigenvalue weighted by atomic mass is 10.1. The van der Waals surface area contributed by atoms with Gasteiger partial charge in [0, 0.05) is 26.3 Å². The quantitative estimate of drug-likeness (QED) is 0.531. The standard InChI is InChI=1S/C16H25NO2/c1-3-16(14(2)19-11-7-10-18)13-17-12-15-8-5-4-6-9-15/h3-6,8-9,14,17-18H,7,10-13H2,1-2H3/b16-3-. The minimum absolute atomic E-state index is 0.0971. The van der Waals surface area contributed by atoms with Gasteiger partial charge in [0.05, 0.1) is 6.10 Å². The van der Waals surface area contributed by atoms with E-state index in [-0.39, 0.29) is 12.7 Å². The summed E-state index contributed by atoms with van der Waals surface area (Å²) in [5.74, 6) is 0. The molecule has 2 N–H and O–H groups in total. The number of hydrogen-bond acceptors (Lipinski definition) is 3. The van der Waals surface area contributed by atoms with Crippen molar-refractivity contribution in [2.75, 3.05) is 19.8 Å². The van der Waals surface area contributed by atoms with E-state index < -0.39 is 0 Å². The number of allylic oxidation sites excluding steroid dienone is 1. The Morgan fingerprint density at radius 3 is 2.74 bits per heavy atom. The first kappa shape index (κ1) is 15.9. The van der Waals surface area contributed by atoms with E-state index in [0.29, 0.717) is 13.0 Å². The van der Waals surface area contributed by atoms with E-state index in [0.717, 1.165) is 13.1 Å². The Kier molecular flexibility index (Phi) is 8.14. The lowest BCUT2D eigenvalue weighted by Crippen LogP contribution is -2.24. The highest BCUT2D eigenvalue weighted by Crippen LogP contribution is 2.07. The molecule has 106 valence electrons. The van der Waals surface area contributed by atoms with Gasteiger partial charge in [0.25, 0.3) is 0 Å². The molecule has 0 bridgehead atoms. The molecule has 0 aliphatic carbocycles. The number of rotatable bonds is 9. The Balaban J connectivity index is 2.29. The fourth-order valence-corrected chi connectivity index (χ4v) is 1.86. The summed E-state index contributed by atoms with van der Waals surface area (Å²) in [6, 6.07) is 10.4. The number of aliphatic hydroxyl groups is 1. The van der Waals surface area contributed by atoms with Crippen molar-refractivity contribution < 1.29 is 9.84 Å². The molecule has 1 aromatic rings. The summed E-state index contributed by atoms with van der Waals surface area (Å²) < 4.78 is 5.67. The first-order chi connectivity index (χ1) is 9.27. The highest BCUT2D eigenvalue weighted by atomic mass is 16.5. The van der Waals surface area contributed by atoms with Crippen LogP contribution in [0.15, 0.2) is 42.0 Å². The van der Waals surface area contributed by atoms with Crippen LogP contribution in [-0.4, -0.2) is 31.0 Å². The molecule has 0 amide bonds. The lowest BCUT2D eigenvalue weighted by Gasteiger charge is -2.17. The lowest BCUT2D eigenvalue weighted by molar-refractivity contribution is 0.0758. The molecule has 0 heterocycles. The van der Waals surface area contributed by atoms with Crippen LogP contribution < -0.4 is 5.32 Å². The predicted molar refractivity (Wildman–Crippen MR) is 79.0 cm³/mol. The summed E-state index contributed by atoms with van der Waals surface area (Å²) in [6.45, 7) is 6.56. The molecule has 1 unspecified atom stereocenters. The molecular formula is C16H25NO2. The molecule has 0 saturated carbocycles. The molecule has 1 aromatic carbocycles. The molecule has 0 saturated heterocycles. The SMILES string of the molecule is C/C=C(/CNCc1ccccc1)C(C)OCCCO. The monoisotopic (exact) mass is 263 g/mol. The number of aliphatic hydroxyl groups excluding tert-OH is 1. The molecular weight excluding hydrogens is 238 g/mol. The number of hydrogen-bond donors (Lipinski definition) is 2. The van der Waals surface area contributed by atoms with Crippen molar-refractivity contribution in [2.24, 2.45) is 0 Å². The predicted octanol–water partition coefficient (Wildman–Crippen LogP) is 2.51. The van der Waals surface area contributed by atoms with Crippen LogP contribution >= 0.6 is 0 Å². The van der Waals surface area contributed by atoms with Gasteiger partial charge in [0.15, 0.2) is 0 Å². The molecule has 0 spiro atoms. The average Bonchev–Trinajstić information content (AvgIpc) is 2.45. The van der Waals surface area contributed by atoms with Crippen molar-refractivity contribution in [3.05, 3.63) is 47.5 Å². The zero-order valence-corrected chi connectivity index (χ0v) is 11.9. The van der Waals surface area contributed by atoms with Gasteiger partial charge in [-0.3, -0.25) is 0 Å². The topological polar surface area (TPSA) is 41.5 Å². The molecule has 19 heavy (non-hydrogen) atoms. The highest BCUT2D eigenvalue weighted by Gasteiger charge is 2.07. The van der Waals surface area contributed by atoms with Crippen molar-refractivity contribution in [2.45, 2.75) is 32.9 Å². The third-order valence-corrected chi connectivity index (χ3v) is 3.06. The minimum atomic E-state index is 0.0971. The summed E-state index contributed by atoms with van der Waals surface area (Å²) in [5, 5.41) is 12.2. The fraction of sp³-hybridized carbons (Fsp3) is 0.500. The molecule has 0 aliphatic rings. The van der Waals surface area contributed by atoms with Crippen molar-refractivity contribution in [3.8, 4) is 0 Å². The second-order valence-corrected chi connectivity index (χ2v) is 4.54. The third kappa shape index (κ3) is 6.53. The van der Waals surface area contributed by atoms with Crippen LogP contribution in [0.1, 0.15) is 25.8 Å². The van der Waals surface area contributed by atoms with Gasteiger partial charge in [-0.25, -0.2) is 0 Å². The molecule has 1 rings (SSSR count). The summed E-state index contributed by atoms with van der Waals surface area (Å²) in [6.07, 6.45) is 2.89. The van der Waals surface area contributed by atoms with Crippen molar-refractivity contribution >= 4 is 0 Å². The zero-order valence-electron chi connectivity index (χ0n) is 11.9. The number of ether oxygens (including phenoxy) is 1. The van der Waals surface area contributed by atoms with Crippen LogP contribution in [0.5, 0.6) is 0 Å². The van der Waals surface area contributed by atoms with Gasteiger partial charge >= 0.3 is 0 Å². The normalized spacial score (nSPS) is 13.5. The summed E-state index contributed by atoms with van der Waals surface area (Å²) in [5.41, 5.74) is 2.53. The van der Waals surface area contributed by atoms with Gasteiger partial charge < -0.3 is 15.2 Å². The van der Waals surface area contributed by atoms with Crippen molar-refractivity contribution in [3.63, 3.8) is 0 Å². The third-order valence-electron chi connectivity index (χ3n) is 3.06. The first-order valence-electron chi connectivity index (χ1n) is 6.90. The van der Waals surface area contributed by atoms with E-state index in [4.69, 9.17) is 9.84 Å². The Labute approximate surface area is 116 Å². The van der Waals surface area contributed by atoms with Crippen LogP contribution in [0.25, 0.3) is 0 Å². The second-order valence-electron chi connectivity index (χ2n) is 4.54. The maximum Gasteiger partial charge on any atom is 0.0769 e. The Morgan fingerprint density at radius 2 is 2.11 bits per heavy atom. The number of nitrogens with one attached hydrogen (secondary N) is 1. The van der Waals surface area contributed by atoms with E-state index in [1.165, 1.54) is 11.1 Å². The second kappa shape index (κ2) is 9.73. The van der Waals surface area contributed by atoms with Gasteiger partial charge in [0.1, 0.15) is 0 Å². The van der Waals surface area contributed by atoms with Crippen LogP contribution in [0.3, 0.4) is 0 Å². The molecule has 0 fully saturated rings. The molecule has 0 radical (unpaired) electrons. The van der Waals surface area contributed by atoms with Crippen molar-refractivity contribution in [1.29, 1.82) is 0 Å². The Hall–Kier alpha value is -1.16. The highest BCUT2D eigenvalue weighted by molar-refractivity contribution is 5.15. The van der Waals surface area contributed by atoms with E-state index in [1.807, 2.05) is 25.1 Å². The summed E-state index contributed by atoms with van der Waals surface area (Å²) in [4.78, 5) is 0. The van der Waals surface area contributed by atoms with E-state index in [9.17, 15) is 0 Å². The Morgan fingerprint density at radius 1 is 1.37 bits per heavy atom. The van der Waals surface area contributed by atoms with Crippen LogP contribution in [0, 0.1) is 0 Å². The average molecular weight is 263 g/mol. The zero-order chi connectivity index (χ0) is 13.9. The van der Waals surface area contributed by atoms with Crippen LogP contribution in [0.2, 0.25) is 0 Å². The van der Waals surface area contributed by atoms with Gasteiger partial charge in [-0.2, -0.15) is 0 Å². The Bertz CT molecular complexity index is 362. The number of benzene rings is 1. The van der Waals surface area contributed by atoms with E-state index in [1.54, 1.807) is 0 Å². The molecule has 0 aromatic heterocycles. The molecule has 0 aliphatic heterocycles. The largest absolute Gasteiger partial charge is 0.396 e. The minimum Gasteiger partial charge on any atom is -0.396 e. The maximum absolute atomic E-state index is 8.74. The van der Waals surface area contributed by atoms with Gasteiger partial charge in [-0.05, 0) is 31.4 Å². The van der Waals surface area contributed by atoms with Gasteiger partial charge in [0.2, 0.25) is 0 Å². The van der Waals surface area contributed by atoms with Crippen LogP contribution in [0.4, 0.5) is 0 Å². The molecule has 3 nitrogen and oxygen atoms in total. The molecule has 1 atom stereocenters. The van der Waals surface area contributed by atoms with Gasteiger partial charge in [-0.15, -0.1) is 0 Å². The van der Waals surface area contributed by atoms with E-state index >= 15 is 0 Å². The smallest absolute Gasteiger partial charge is 0.0769 e. The van der Waals surface area contributed by atoms with Crippen molar-refractivity contribution in [1.82, 2.24) is 5.32 Å².